The van der Waals surface area contributed by atoms with E-state index in [9.17, 15) is 0 Å². The fraction of sp³-hybridized carbons (Fsp3) is 0.200. The molecule has 0 saturated heterocycles. The highest BCUT2D eigenvalue weighted by molar-refractivity contribution is 6.66. The molecule has 7 heteroatoms. The molecule has 88 valence electrons. The fourth-order valence-corrected chi connectivity index (χ4v) is 1.71. The van der Waals surface area contributed by atoms with E-state index in [0.717, 1.165) is 0 Å². The molecule has 2 aromatic rings. The quantitative estimate of drug-likeness (QED) is 0.820. The number of hydrogen-bond donors (Lipinski definition) is 1. The van der Waals surface area contributed by atoms with Gasteiger partial charge in [0.15, 0.2) is 5.82 Å². The van der Waals surface area contributed by atoms with Crippen LogP contribution < -0.4 is 4.74 Å². The van der Waals surface area contributed by atoms with E-state index in [0.29, 0.717) is 22.3 Å². The topological polar surface area (TPSA) is 61.7 Å². The third kappa shape index (κ3) is 2.27. The first-order valence-corrected chi connectivity index (χ1v) is 5.64. The molecule has 0 unspecified atom stereocenters. The molecule has 2 rings (SSSR count). The molecule has 0 bridgehead atoms. The number of rotatable bonds is 1. The van der Waals surface area contributed by atoms with Crippen LogP contribution in [0.3, 0.4) is 0 Å². The van der Waals surface area contributed by atoms with E-state index in [4.69, 9.17) is 44.8 Å². The van der Waals surface area contributed by atoms with Crippen LogP contribution in [0.1, 0.15) is 11.4 Å². The Balaban J connectivity index is 2.72. The van der Waals surface area contributed by atoms with Crippen LogP contribution in [0.15, 0.2) is 12.1 Å². The van der Waals surface area contributed by atoms with E-state index in [1.54, 1.807) is 12.1 Å². The summed E-state index contributed by atoms with van der Waals surface area (Å²) >= 11 is 17.2. The maximum absolute atomic E-state index is 8.87. The second kappa shape index (κ2) is 4.26. The van der Waals surface area contributed by atoms with Crippen LogP contribution in [0.4, 0.5) is 0 Å². The molecule has 1 N–H and O–H groups in total. The standard InChI is InChI=1S/C10H6Cl3N3O/c1-17-7-3-5(4-14)2-6-8(7)16-9(15-6)10(11,12)13/h2-3H,1H3,(H,15,16). The van der Waals surface area contributed by atoms with Crippen LogP contribution in [-0.4, -0.2) is 17.1 Å². The number of imidazole rings is 1. The van der Waals surface area contributed by atoms with E-state index in [1.807, 2.05) is 6.07 Å². The summed E-state index contributed by atoms with van der Waals surface area (Å²) in [6, 6.07) is 5.21. The van der Waals surface area contributed by atoms with Crippen molar-refractivity contribution in [2.24, 2.45) is 0 Å². The molecular formula is C10H6Cl3N3O. The van der Waals surface area contributed by atoms with Gasteiger partial charge in [-0.2, -0.15) is 5.26 Å². The zero-order chi connectivity index (χ0) is 12.6. The van der Waals surface area contributed by atoms with Crippen LogP contribution in [0.25, 0.3) is 11.0 Å². The number of benzene rings is 1. The maximum Gasteiger partial charge on any atom is 0.248 e. The summed E-state index contributed by atoms with van der Waals surface area (Å²) < 4.78 is 3.49. The first kappa shape index (κ1) is 12.3. The molecule has 0 saturated carbocycles. The Morgan fingerprint density at radius 2 is 2.12 bits per heavy atom. The third-order valence-electron chi connectivity index (χ3n) is 2.17. The molecule has 0 atom stereocenters. The van der Waals surface area contributed by atoms with Gasteiger partial charge in [-0.05, 0) is 6.07 Å². The van der Waals surface area contributed by atoms with Crippen molar-refractivity contribution in [1.82, 2.24) is 9.97 Å². The van der Waals surface area contributed by atoms with E-state index in [1.165, 1.54) is 7.11 Å². The average molecular weight is 291 g/mol. The Labute approximate surface area is 112 Å². The lowest BCUT2D eigenvalue weighted by molar-refractivity contribution is 0.419. The molecule has 0 spiro atoms. The second-order valence-electron chi connectivity index (χ2n) is 3.27. The van der Waals surface area contributed by atoms with Gasteiger partial charge in [-0.15, -0.1) is 0 Å². The number of halogens is 3. The number of fused-ring (bicyclic) bond motifs is 1. The summed E-state index contributed by atoms with van der Waals surface area (Å²) in [6.45, 7) is 0. The van der Waals surface area contributed by atoms with Crippen molar-refractivity contribution in [2.75, 3.05) is 7.11 Å². The lowest BCUT2D eigenvalue weighted by Gasteiger charge is -2.04. The van der Waals surface area contributed by atoms with Gasteiger partial charge in [0.25, 0.3) is 0 Å². The van der Waals surface area contributed by atoms with Crippen LogP contribution in [-0.2, 0) is 3.79 Å². The van der Waals surface area contributed by atoms with Crippen molar-refractivity contribution in [3.63, 3.8) is 0 Å². The molecule has 1 aromatic heterocycles. The molecule has 0 radical (unpaired) electrons. The predicted octanol–water partition coefficient (Wildman–Crippen LogP) is 3.27. The number of aromatic nitrogens is 2. The minimum atomic E-state index is -1.64. The highest BCUT2D eigenvalue weighted by atomic mass is 35.6. The van der Waals surface area contributed by atoms with Gasteiger partial charge in [0, 0.05) is 6.07 Å². The first-order chi connectivity index (χ1) is 7.95. The normalized spacial score (nSPS) is 11.5. The highest BCUT2D eigenvalue weighted by Gasteiger charge is 2.27. The van der Waals surface area contributed by atoms with Gasteiger partial charge >= 0.3 is 0 Å². The van der Waals surface area contributed by atoms with Crippen LogP contribution in [0.2, 0.25) is 0 Å². The largest absolute Gasteiger partial charge is 0.494 e. The van der Waals surface area contributed by atoms with Gasteiger partial charge in [-0.3, -0.25) is 0 Å². The van der Waals surface area contributed by atoms with Crippen molar-refractivity contribution in [3.8, 4) is 11.8 Å². The number of hydrogen-bond acceptors (Lipinski definition) is 3. The monoisotopic (exact) mass is 289 g/mol. The fourth-order valence-electron chi connectivity index (χ4n) is 1.44. The molecule has 0 aliphatic carbocycles. The second-order valence-corrected chi connectivity index (χ2v) is 5.55. The number of nitrogens with zero attached hydrogens (tertiary/aromatic N) is 2. The third-order valence-corrected chi connectivity index (χ3v) is 2.71. The number of nitrogens with one attached hydrogen (secondary N) is 1. The zero-order valence-corrected chi connectivity index (χ0v) is 10.9. The predicted molar refractivity (Wildman–Crippen MR) is 66.6 cm³/mol. The SMILES string of the molecule is COc1cc(C#N)cc2[nH]c(C(Cl)(Cl)Cl)nc12. The summed E-state index contributed by atoms with van der Waals surface area (Å²) in [5.74, 6) is 0.640. The van der Waals surface area contributed by atoms with E-state index in [-0.39, 0.29) is 5.82 Å². The highest BCUT2D eigenvalue weighted by Crippen LogP contribution is 2.38. The average Bonchev–Trinajstić information content (AvgIpc) is 2.70. The molecule has 17 heavy (non-hydrogen) atoms. The van der Waals surface area contributed by atoms with Gasteiger partial charge in [0.1, 0.15) is 11.3 Å². The molecule has 0 amide bonds. The molecule has 0 aliphatic rings. The maximum atomic E-state index is 8.87. The minimum absolute atomic E-state index is 0.186. The number of nitriles is 1. The van der Waals surface area contributed by atoms with Crippen molar-refractivity contribution in [1.29, 1.82) is 5.26 Å². The zero-order valence-electron chi connectivity index (χ0n) is 8.59. The smallest absolute Gasteiger partial charge is 0.248 e. The number of ether oxygens (including phenoxy) is 1. The Kier molecular flexibility index (Phi) is 3.09. The number of methoxy groups -OCH3 is 1. The van der Waals surface area contributed by atoms with Crippen LogP contribution in [0, 0.1) is 11.3 Å². The molecule has 0 fully saturated rings. The lowest BCUT2D eigenvalue weighted by atomic mass is 10.2. The van der Waals surface area contributed by atoms with Crippen LogP contribution in [0.5, 0.6) is 5.75 Å². The lowest BCUT2D eigenvalue weighted by Crippen LogP contribution is -2.02. The Hall–Kier alpha value is -1.15. The van der Waals surface area contributed by atoms with Crippen molar-refractivity contribution in [2.45, 2.75) is 3.79 Å². The summed E-state index contributed by atoms with van der Waals surface area (Å²) in [5, 5.41) is 8.87. The number of H-pyrrole nitrogens is 1. The summed E-state index contributed by atoms with van der Waals surface area (Å²) in [7, 11) is 1.49. The summed E-state index contributed by atoms with van der Waals surface area (Å²) in [6.07, 6.45) is 0. The number of alkyl halides is 3. The molecular weight excluding hydrogens is 284 g/mol. The molecule has 1 aromatic carbocycles. The first-order valence-electron chi connectivity index (χ1n) is 4.50. The van der Waals surface area contributed by atoms with Gasteiger partial charge in [0.05, 0.1) is 24.3 Å². The van der Waals surface area contributed by atoms with Gasteiger partial charge in [-0.1, -0.05) is 34.8 Å². The minimum Gasteiger partial charge on any atom is -0.494 e. The summed E-state index contributed by atoms with van der Waals surface area (Å²) in [5.41, 5.74) is 1.55. The summed E-state index contributed by atoms with van der Waals surface area (Å²) in [4.78, 5) is 6.99. The molecule has 0 aliphatic heterocycles. The van der Waals surface area contributed by atoms with Gasteiger partial charge in [-0.25, -0.2) is 4.98 Å². The van der Waals surface area contributed by atoms with Gasteiger partial charge < -0.3 is 9.72 Å². The van der Waals surface area contributed by atoms with E-state index < -0.39 is 3.79 Å². The molecule has 1 heterocycles. The van der Waals surface area contributed by atoms with Gasteiger partial charge in [0.2, 0.25) is 3.79 Å². The molecule has 4 nitrogen and oxygen atoms in total. The van der Waals surface area contributed by atoms with E-state index >= 15 is 0 Å². The Morgan fingerprint density at radius 1 is 1.41 bits per heavy atom. The Bertz CT molecular complexity index is 610. The van der Waals surface area contributed by atoms with E-state index in [2.05, 4.69) is 9.97 Å². The van der Waals surface area contributed by atoms with Crippen molar-refractivity contribution in [3.05, 3.63) is 23.5 Å². The Morgan fingerprint density at radius 3 is 2.65 bits per heavy atom. The number of aromatic amines is 1. The van der Waals surface area contributed by atoms with Crippen LogP contribution >= 0.6 is 34.8 Å². The van der Waals surface area contributed by atoms with Crippen molar-refractivity contribution < 1.29 is 4.74 Å². The van der Waals surface area contributed by atoms with Crippen molar-refractivity contribution >= 4 is 45.8 Å².